The van der Waals surface area contributed by atoms with Crippen molar-refractivity contribution in [2.75, 3.05) is 7.11 Å². The van der Waals surface area contributed by atoms with Gasteiger partial charge in [-0.1, -0.05) is 105 Å². The maximum Gasteiger partial charge on any atom is 0.306 e. The highest BCUT2D eigenvalue weighted by Gasteiger charge is 2.32. The minimum Gasteiger partial charge on any atom is -0.469 e. The zero-order chi connectivity index (χ0) is 33.5. The van der Waals surface area contributed by atoms with E-state index in [9.17, 15) is 19.2 Å². The molecule has 0 N–H and O–H groups in total. The van der Waals surface area contributed by atoms with Crippen LogP contribution in [0.5, 0.6) is 0 Å². The van der Waals surface area contributed by atoms with Gasteiger partial charge in [-0.2, -0.15) is 0 Å². The average molecular weight is 641 g/mol. The van der Waals surface area contributed by atoms with Crippen molar-refractivity contribution in [2.24, 2.45) is 0 Å². The number of methoxy groups -OCH3 is 1. The first-order valence-corrected chi connectivity index (χ1v) is 18.5. The van der Waals surface area contributed by atoms with Gasteiger partial charge in [0.2, 0.25) is 0 Å². The molecule has 0 aromatic rings. The largest absolute Gasteiger partial charge is 0.469 e. The number of carbonyl (C=O) groups excluding carboxylic acids is 4. The number of esters is 4. The van der Waals surface area contributed by atoms with Crippen molar-refractivity contribution >= 4 is 23.9 Å². The number of carbonyl (C=O) groups is 4. The molecule has 0 aliphatic heterocycles. The maximum atomic E-state index is 13.0. The Labute approximate surface area is 275 Å². The Balaban J connectivity index is 5.79. The third kappa shape index (κ3) is 25.7. The quantitative estimate of drug-likeness (QED) is 0.0419. The minimum atomic E-state index is -0.673. The van der Waals surface area contributed by atoms with Crippen LogP contribution in [0.1, 0.15) is 188 Å². The predicted octanol–water partition coefficient (Wildman–Crippen LogP) is 9.73. The smallest absolute Gasteiger partial charge is 0.306 e. The van der Waals surface area contributed by atoms with Crippen LogP contribution in [0.2, 0.25) is 0 Å². The second kappa shape index (κ2) is 30.5. The van der Waals surface area contributed by atoms with Crippen molar-refractivity contribution in [3.63, 3.8) is 0 Å². The van der Waals surface area contributed by atoms with E-state index in [0.717, 1.165) is 116 Å². The third-order valence-electron chi connectivity index (χ3n) is 8.20. The lowest BCUT2D eigenvalue weighted by Gasteiger charge is -2.30. The topological polar surface area (TPSA) is 105 Å². The lowest BCUT2D eigenvalue weighted by molar-refractivity contribution is -0.174. The molecule has 0 aromatic heterocycles. The lowest BCUT2D eigenvalue weighted by atomic mass is 9.97. The molecular weight excluding hydrogens is 572 g/mol. The zero-order valence-electron chi connectivity index (χ0n) is 29.7. The minimum absolute atomic E-state index is 0.191. The van der Waals surface area contributed by atoms with Gasteiger partial charge in [-0.15, -0.1) is 0 Å². The number of ether oxygens (including phenoxy) is 4. The Hall–Kier alpha value is -2.12. The zero-order valence-corrected chi connectivity index (χ0v) is 29.7. The fourth-order valence-electron chi connectivity index (χ4n) is 5.38. The molecular formula is C37H68O8. The van der Waals surface area contributed by atoms with E-state index in [4.69, 9.17) is 18.9 Å². The van der Waals surface area contributed by atoms with Crippen LogP contribution in [0.4, 0.5) is 0 Å². The number of rotatable bonds is 31. The molecule has 45 heavy (non-hydrogen) atoms. The molecule has 2 unspecified atom stereocenters. The maximum absolute atomic E-state index is 13.0. The third-order valence-corrected chi connectivity index (χ3v) is 8.20. The van der Waals surface area contributed by atoms with E-state index < -0.39 is 18.3 Å². The summed E-state index contributed by atoms with van der Waals surface area (Å²) in [6.07, 6.45) is 18.2. The molecule has 0 saturated heterocycles. The van der Waals surface area contributed by atoms with Crippen molar-refractivity contribution in [3.05, 3.63) is 0 Å². The first-order valence-electron chi connectivity index (χ1n) is 18.5. The van der Waals surface area contributed by atoms with Crippen molar-refractivity contribution in [1.29, 1.82) is 0 Å². The van der Waals surface area contributed by atoms with E-state index in [2.05, 4.69) is 27.7 Å². The summed E-state index contributed by atoms with van der Waals surface area (Å²) in [5, 5.41) is 0. The molecule has 0 aliphatic carbocycles. The van der Waals surface area contributed by atoms with Gasteiger partial charge in [0.15, 0.2) is 0 Å². The number of hydrogen-bond donors (Lipinski definition) is 0. The molecule has 0 aliphatic rings. The summed E-state index contributed by atoms with van der Waals surface area (Å²) in [5.41, 5.74) is 0. The van der Waals surface area contributed by atoms with Gasteiger partial charge in [-0.3, -0.25) is 19.2 Å². The van der Waals surface area contributed by atoms with E-state index in [0.29, 0.717) is 44.9 Å². The van der Waals surface area contributed by atoms with Gasteiger partial charge >= 0.3 is 23.9 Å². The molecule has 0 fully saturated rings. The van der Waals surface area contributed by atoms with Crippen LogP contribution in [0.3, 0.4) is 0 Å². The average Bonchev–Trinajstić information content (AvgIpc) is 3.01. The Morgan fingerprint density at radius 3 is 1.33 bits per heavy atom. The summed E-state index contributed by atoms with van der Waals surface area (Å²) in [6.45, 7) is 8.46. The van der Waals surface area contributed by atoms with Crippen LogP contribution >= 0.6 is 0 Å². The van der Waals surface area contributed by atoms with Gasteiger partial charge in [0.05, 0.1) is 7.11 Å². The molecule has 8 nitrogen and oxygen atoms in total. The van der Waals surface area contributed by atoms with Crippen molar-refractivity contribution in [3.8, 4) is 0 Å². The molecule has 0 spiro atoms. The molecule has 8 heteroatoms. The molecule has 3 atom stereocenters. The van der Waals surface area contributed by atoms with Gasteiger partial charge in [-0.05, 0) is 51.4 Å². The Morgan fingerprint density at radius 1 is 0.422 bits per heavy atom. The molecule has 0 rings (SSSR count). The second-order valence-corrected chi connectivity index (χ2v) is 12.5. The van der Waals surface area contributed by atoms with E-state index in [1.165, 1.54) is 7.11 Å². The second-order valence-electron chi connectivity index (χ2n) is 12.5. The van der Waals surface area contributed by atoms with Crippen molar-refractivity contribution < 1.29 is 38.1 Å². The highest BCUT2D eigenvalue weighted by molar-refractivity contribution is 5.71. The summed E-state index contributed by atoms with van der Waals surface area (Å²) in [4.78, 5) is 50.2. The molecule has 0 saturated carbocycles. The van der Waals surface area contributed by atoms with Gasteiger partial charge in [0.1, 0.15) is 18.3 Å². The molecule has 0 bridgehead atoms. The van der Waals surface area contributed by atoms with Crippen molar-refractivity contribution in [1.82, 2.24) is 0 Å². The van der Waals surface area contributed by atoms with E-state index in [1.807, 2.05) is 0 Å². The number of unbranched alkanes of at least 4 members (excludes halogenated alkanes) is 13. The lowest BCUT2D eigenvalue weighted by Crippen LogP contribution is -2.39. The normalized spacial score (nSPS) is 13.1. The molecule has 0 radical (unpaired) electrons. The standard InChI is InChI=1S/C37H68O8/c1-6-10-14-21-24-31(43-35(39)27-18-11-7-2)30-33(45-37(41)29-20-13-9-4)32(44-36(40)28-19-12-8-3)25-22-16-15-17-23-26-34(38)42-5/h31-33H,6-30H2,1-5H3/t31-,32?,33?/m1/s1. The fraction of sp³-hybridized carbons (Fsp3) is 0.892. The van der Waals surface area contributed by atoms with Crippen LogP contribution in [-0.4, -0.2) is 49.3 Å². The van der Waals surface area contributed by atoms with Crippen LogP contribution in [0.25, 0.3) is 0 Å². The summed E-state index contributed by atoms with van der Waals surface area (Å²) in [6, 6.07) is 0. The monoisotopic (exact) mass is 640 g/mol. The van der Waals surface area contributed by atoms with E-state index >= 15 is 0 Å². The van der Waals surface area contributed by atoms with Gasteiger partial charge in [-0.25, -0.2) is 0 Å². The first kappa shape index (κ1) is 42.9. The molecule has 0 aromatic carbocycles. The van der Waals surface area contributed by atoms with Crippen LogP contribution in [0.15, 0.2) is 0 Å². The highest BCUT2D eigenvalue weighted by atomic mass is 16.6. The first-order chi connectivity index (χ1) is 21.8. The Bertz CT molecular complexity index is 753. The summed E-state index contributed by atoms with van der Waals surface area (Å²) in [5.74, 6) is -0.960. The Morgan fingerprint density at radius 2 is 0.800 bits per heavy atom. The fourth-order valence-corrected chi connectivity index (χ4v) is 5.38. The Kier molecular flexibility index (Phi) is 29.1. The van der Waals surface area contributed by atoms with Crippen LogP contribution in [-0.2, 0) is 38.1 Å². The molecule has 0 amide bonds. The highest BCUT2D eigenvalue weighted by Crippen LogP contribution is 2.24. The predicted molar refractivity (Wildman–Crippen MR) is 180 cm³/mol. The van der Waals surface area contributed by atoms with Crippen LogP contribution < -0.4 is 0 Å². The number of hydrogen-bond acceptors (Lipinski definition) is 8. The molecule has 0 heterocycles. The van der Waals surface area contributed by atoms with Crippen molar-refractivity contribution in [2.45, 2.75) is 207 Å². The SMILES string of the molecule is CCCCCC[C@H](CC(OC(=O)CCCCC)C(CCCCCCCC(=O)OC)OC(=O)CCCCC)OC(=O)CCCCC. The van der Waals surface area contributed by atoms with Crippen LogP contribution in [0, 0.1) is 0 Å². The van der Waals surface area contributed by atoms with E-state index in [1.54, 1.807) is 0 Å². The summed E-state index contributed by atoms with van der Waals surface area (Å²) >= 11 is 0. The summed E-state index contributed by atoms with van der Waals surface area (Å²) in [7, 11) is 1.40. The summed E-state index contributed by atoms with van der Waals surface area (Å²) < 4.78 is 22.9. The van der Waals surface area contributed by atoms with Gasteiger partial charge in [0, 0.05) is 32.1 Å². The van der Waals surface area contributed by atoms with Gasteiger partial charge < -0.3 is 18.9 Å². The molecule has 264 valence electrons. The van der Waals surface area contributed by atoms with Gasteiger partial charge in [0.25, 0.3) is 0 Å². The van der Waals surface area contributed by atoms with E-state index in [-0.39, 0.29) is 23.9 Å².